The Kier molecular flexibility index (Phi) is 3.78. The van der Waals surface area contributed by atoms with Gasteiger partial charge in [0.2, 0.25) is 0 Å². The van der Waals surface area contributed by atoms with Crippen LogP contribution in [0.25, 0.3) is 0 Å². The molecule has 0 N–H and O–H groups in total. The summed E-state index contributed by atoms with van der Waals surface area (Å²) in [4.78, 5) is 0. The zero-order chi connectivity index (χ0) is 13.1. The molecule has 2 nitrogen and oxygen atoms in total. The van der Waals surface area contributed by atoms with E-state index >= 15 is 0 Å². The quantitative estimate of drug-likeness (QED) is 0.794. The zero-order valence-electron chi connectivity index (χ0n) is 10.7. The van der Waals surface area contributed by atoms with Crippen LogP contribution in [0.4, 0.5) is 0 Å². The highest BCUT2D eigenvalue weighted by Gasteiger charge is 2.08. The standard InChI is InChI=1S/C15H15ClO2/c1-10-4-6-13(12(16)8-10)18-14-7-5-11(2)9-15(14)17-3/h4-9H,1-3H3. The maximum atomic E-state index is 6.14. The van der Waals surface area contributed by atoms with Crippen molar-refractivity contribution in [2.45, 2.75) is 13.8 Å². The normalized spacial score (nSPS) is 10.2. The minimum atomic E-state index is 0.595. The van der Waals surface area contributed by atoms with Crippen molar-refractivity contribution < 1.29 is 9.47 Å². The van der Waals surface area contributed by atoms with Gasteiger partial charge < -0.3 is 9.47 Å². The summed E-state index contributed by atoms with van der Waals surface area (Å²) in [5.41, 5.74) is 2.22. The summed E-state index contributed by atoms with van der Waals surface area (Å²) in [5, 5.41) is 0.595. The molecule has 0 aliphatic carbocycles. The maximum absolute atomic E-state index is 6.14. The molecule has 94 valence electrons. The van der Waals surface area contributed by atoms with Crippen molar-refractivity contribution in [1.82, 2.24) is 0 Å². The van der Waals surface area contributed by atoms with Gasteiger partial charge in [-0.1, -0.05) is 23.7 Å². The summed E-state index contributed by atoms with van der Waals surface area (Å²) in [6.07, 6.45) is 0. The van der Waals surface area contributed by atoms with E-state index in [0.717, 1.165) is 11.1 Å². The number of halogens is 1. The summed E-state index contributed by atoms with van der Waals surface area (Å²) in [5.74, 6) is 1.99. The third kappa shape index (κ3) is 2.77. The Bertz CT molecular complexity index is 564. The Labute approximate surface area is 112 Å². The number of methoxy groups -OCH3 is 1. The highest BCUT2D eigenvalue weighted by Crippen LogP contribution is 2.35. The summed E-state index contributed by atoms with van der Waals surface area (Å²) in [6, 6.07) is 11.5. The van der Waals surface area contributed by atoms with Gasteiger partial charge >= 0.3 is 0 Å². The van der Waals surface area contributed by atoms with Crippen molar-refractivity contribution in [3.8, 4) is 17.2 Å². The molecule has 0 saturated heterocycles. The van der Waals surface area contributed by atoms with E-state index in [1.54, 1.807) is 7.11 Å². The molecule has 0 unspecified atom stereocenters. The van der Waals surface area contributed by atoms with Gasteiger partial charge in [0.1, 0.15) is 5.75 Å². The predicted octanol–water partition coefficient (Wildman–Crippen LogP) is 4.76. The molecule has 2 aromatic rings. The van der Waals surface area contributed by atoms with E-state index in [-0.39, 0.29) is 0 Å². The number of hydrogen-bond acceptors (Lipinski definition) is 2. The lowest BCUT2D eigenvalue weighted by Crippen LogP contribution is -1.91. The monoisotopic (exact) mass is 262 g/mol. The molecule has 0 aliphatic heterocycles. The van der Waals surface area contributed by atoms with E-state index in [9.17, 15) is 0 Å². The first-order chi connectivity index (χ1) is 8.60. The average Bonchev–Trinajstić information content (AvgIpc) is 2.34. The second kappa shape index (κ2) is 5.32. The Balaban J connectivity index is 2.33. The molecule has 0 radical (unpaired) electrons. The number of hydrogen-bond donors (Lipinski definition) is 0. The molecular weight excluding hydrogens is 248 g/mol. The minimum Gasteiger partial charge on any atom is -0.493 e. The number of benzene rings is 2. The van der Waals surface area contributed by atoms with Crippen LogP contribution in [0.2, 0.25) is 5.02 Å². The highest BCUT2D eigenvalue weighted by atomic mass is 35.5. The van der Waals surface area contributed by atoms with E-state index in [0.29, 0.717) is 22.3 Å². The molecule has 0 aromatic heterocycles. The van der Waals surface area contributed by atoms with Gasteiger partial charge in [-0.2, -0.15) is 0 Å². The lowest BCUT2D eigenvalue weighted by atomic mass is 10.2. The van der Waals surface area contributed by atoms with E-state index in [2.05, 4.69) is 0 Å². The predicted molar refractivity (Wildman–Crippen MR) is 74.0 cm³/mol. The van der Waals surface area contributed by atoms with Crippen molar-refractivity contribution in [3.05, 3.63) is 52.5 Å². The molecule has 2 aromatic carbocycles. The van der Waals surface area contributed by atoms with Crippen LogP contribution >= 0.6 is 11.6 Å². The largest absolute Gasteiger partial charge is 0.493 e. The van der Waals surface area contributed by atoms with Crippen LogP contribution in [0, 0.1) is 13.8 Å². The average molecular weight is 263 g/mol. The van der Waals surface area contributed by atoms with Gasteiger partial charge in [-0.3, -0.25) is 0 Å². The summed E-state index contributed by atoms with van der Waals surface area (Å²) < 4.78 is 11.1. The molecule has 0 spiro atoms. The van der Waals surface area contributed by atoms with Crippen LogP contribution in [-0.4, -0.2) is 7.11 Å². The molecule has 18 heavy (non-hydrogen) atoms. The second-order valence-corrected chi connectivity index (χ2v) is 4.60. The van der Waals surface area contributed by atoms with E-state index < -0.39 is 0 Å². The molecule has 0 atom stereocenters. The molecule has 0 aliphatic rings. The van der Waals surface area contributed by atoms with Crippen molar-refractivity contribution in [2.24, 2.45) is 0 Å². The van der Waals surface area contributed by atoms with Crippen LogP contribution in [0.1, 0.15) is 11.1 Å². The molecule has 0 heterocycles. The number of ether oxygens (including phenoxy) is 2. The fraction of sp³-hybridized carbons (Fsp3) is 0.200. The van der Waals surface area contributed by atoms with Crippen LogP contribution in [0.5, 0.6) is 17.2 Å². The first kappa shape index (κ1) is 12.8. The zero-order valence-corrected chi connectivity index (χ0v) is 11.4. The van der Waals surface area contributed by atoms with Gasteiger partial charge in [0.15, 0.2) is 11.5 Å². The van der Waals surface area contributed by atoms with Gasteiger partial charge in [0.25, 0.3) is 0 Å². The second-order valence-electron chi connectivity index (χ2n) is 4.19. The summed E-state index contributed by atoms with van der Waals surface area (Å²) >= 11 is 6.14. The molecule has 3 heteroatoms. The van der Waals surface area contributed by atoms with E-state index in [1.807, 2.05) is 50.2 Å². The Hall–Kier alpha value is -1.67. The number of aryl methyl sites for hydroxylation is 2. The van der Waals surface area contributed by atoms with Gasteiger partial charge in [-0.05, 0) is 49.2 Å². The topological polar surface area (TPSA) is 18.5 Å². The van der Waals surface area contributed by atoms with Crippen molar-refractivity contribution in [2.75, 3.05) is 7.11 Å². The first-order valence-electron chi connectivity index (χ1n) is 5.69. The Morgan fingerprint density at radius 1 is 0.833 bits per heavy atom. The molecule has 0 bridgehead atoms. The van der Waals surface area contributed by atoms with Crippen molar-refractivity contribution in [1.29, 1.82) is 0 Å². The van der Waals surface area contributed by atoms with Crippen LogP contribution < -0.4 is 9.47 Å². The summed E-state index contributed by atoms with van der Waals surface area (Å²) in [7, 11) is 1.62. The van der Waals surface area contributed by atoms with Gasteiger partial charge in [-0.15, -0.1) is 0 Å². The maximum Gasteiger partial charge on any atom is 0.169 e. The third-order valence-electron chi connectivity index (χ3n) is 2.63. The molecular formula is C15H15ClO2. The fourth-order valence-corrected chi connectivity index (χ4v) is 1.94. The number of rotatable bonds is 3. The van der Waals surface area contributed by atoms with Gasteiger partial charge in [0.05, 0.1) is 12.1 Å². The molecule has 0 amide bonds. The third-order valence-corrected chi connectivity index (χ3v) is 2.92. The van der Waals surface area contributed by atoms with E-state index in [4.69, 9.17) is 21.1 Å². The van der Waals surface area contributed by atoms with Crippen LogP contribution in [-0.2, 0) is 0 Å². The minimum absolute atomic E-state index is 0.595. The fourth-order valence-electron chi connectivity index (χ4n) is 1.67. The van der Waals surface area contributed by atoms with Crippen LogP contribution in [0.3, 0.4) is 0 Å². The van der Waals surface area contributed by atoms with Crippen molar-refractivity contribution in [3.63, 3.8) is 0 Å². The van der Waals surface area contributed by atoms with Crippen LogP contribution in [0.15, 0.2) is 36.4 Å². The lowest BCUT2D eigenvalue weighted by Gasteiger charge is -2.12. The van der Waals surface area contributed by atoms with Crippen molar-refractivity contribution >= 4 is 11.6 Å². The SMILES string of the molecule is COc1cc(C)ccc1Oc1ccc(C)cc1Cl. The van der Waals surface area contributed by atoms with Gasteiger partial charge in [0, 0.05) is 0 Å². The molecule has 0 saturated carbocycles. The lowest BCUT2D eigenvalue weighted by molar-refractivity contribution is 0.378. The van der Waals surface area contributed by atoms with Gasteiger partial charge in [-0.25, -0.2) is 0 Å². The Morgan fingerprint density at radius 2 is 1.44 bits per heavy atom. The Morgan fingerprint density at radius 3 is 2.06 bits per heavy atom. The van der Waals surface area contributed by atoms with E-state index in [1.165, 1.54) is 0 Å². The summed E-state index contributed by atoms with van der Waals surface area (Å²) in [6.45, 7) is 3.99. The highest BCUT2D eigenvalue weighted by molar-refractivity contribution is 6.32. The molecule has 0 fully saturated rings. The smallest absolute Gasteiger partial charge is 0.169 e. The first-order valence-corrected chi connectivity index (χ1v) is 6.06. The molecule has 2 rings (SSSR count).